The summed E-state index contributed by atoms with van der Waals surface area (Å²) in [4.78, 5) is 53.5. The number of benzene rings is 1. The Morgan fingerprint density at radius 1 is 1.02 bits per heavy atom. The van der Waals surface area contributed by atoms with Crippen molar-refractivity contribution >= 4 is 34.8 Å². The minimum atomic E-state index is -2.98. The summed E-state index contributed by atoms with van der Waals surface area (Å²) >= 11 is 0. The fourth-order valence-corrected chi connectivity index (χ4v) is 7.17. The normalized spacial score (nSPS) is 28.1. The van der Waals surface area contributed by atoms with E-state index in [9.17, 15) is 44.7 Å². The Bertz CT molecular complexity index is 1430. The fraction of sp³-hybridized carbons (Fsp3) is 0.562. The van der Waals surface area contributed by atoms with Crippen molar-refractivity contribution in [1.82, 2.24) is 4.90 Å². The van der Waals surface area contributed by atoms with Gasteiger partial charge in [0.1, 0.15) is 22.8 Å². The molecule has 4 rings (SSSR count). The SMILES string of the molecule is CCCCCCCCCC(=O)Nc1ccc2c(c1O)C(O)=C1C(=O)[C@]3(O)C(O)=C(C(N)=O)C(=O)[C@@H](N(C)C)[C@@H]3[C@@H](O)C1[C@H]2C. The number of primary amides is 1. The van der Waals surface area contributed by atoms with Gasteiger partial charge >= 0.3 is 0 Å². The van der Waals surface area contributed by atoms with Gasteiger partial charge < -0.3 is 36.6 Å². The van der Waals surface area contributed by atoms with E-state index in [0.717, 1.165) is 32.1 Å². The average Bonchev–Trinajstić information content (AvgIpc) is 2.95. The predicted octanol–water partition coefficient (Wildman–Crippen LogP) is 2.58. The Morgan fingerprint density at radius 3 is 2.23 bits per heavy atom. The molecule has 0 aromatic heterocycles. The zero-order chi connectivity index (χ0) is 32.7. The fourth-order valence-electron chi connectivity index (χ4n) is 7.17. The number of carbonyl (C=O) groups excluding carboxylic acids is 4. The van der Waals surface area contributed by atoms with Gasteiger partial charge in [0.05, 0.1) is 29.3 Å². The van der Waals surface area contributed by atoms with Crippen LogP contribution in [-0.4, -0.2) is 85.7 Å². The van der Waals surface area contributed by atoms with Crippen molar-refractivity contribution in [2.75, 3.05) is 19.4 Å². The summed E-state index contributed by atoms with van der Waals surface area (Å²) < 4.78 is 0. The Balaban J connectivity index is 1.71. The number of nitrogens with two attached hydrogens (primary N) is 1. The van der Waals surface area contributed by atoms with E-state index >= 15 is 0 Å². The van der Waals surface area contributed by atoms with Crippen LogP contribution in [0.1, 0.15) is 82.3 Å². The maximum atomic E-state index is 14.1. The third kappa shape index (κ3) is 5.28. The molecule has 44 heavy (non-hydrogen) atoms. The van der Waals surface area contributed by atoms with Crippen molar-refractivity contribution in [3.8, 4) is 5.75 Å². The number of nitrogens with one attached hydrogen (secondary N) is 1. The van der Waals surface area contributed by atoms with Crippen molar-refractivity contribution in [2.45, 2.75) is 88.9 Å². The number of hydrogen-bond donors (Lipinski definition) is 7. The first-order valence-corrected chi connectivity index (χ1v) is 15.2. The number of phenols is 1. The number of hydrogen-bond acceptors (Lipinski definition) is 10. The Morgan fingerprint density at radius 2 is 1.64 bits per heavy atom. The first kappa shape index (κ1) is 33.2. The molecule has 0 heterocycles. The van der Waals surface area contributed by atoms with E-state index in [0.29, 0.717) is 12.0 Å². The average molecular weight is 614 g/mol. The molecule has 1 saturated carbocycles. The van der Waals surface area contributed by atoms with E-state index in [1.165, 1.54) is 31.5 Å². The highest BCUT2D eigenvalue weighted by atomic mass is 16.4. The summed E-state index contributed by atoms with van der Waals surface area (Å²) in [6, 6.07) is 1.61. The van der Waals surface area contributed by atoms with E-state index in [1.807, 2.05) is 0 Å². The molecule has 1 unspecified atom stereocenters. The number of aromatic hydroxyl groups is 1. The standard InChI is InChI=1S/C32H43N3O9/c1-5-6-7-8-9-10-11-12-18(36)34-17-14-13-16-15(2)19-21(26(38)20(16)25(17)37)29(41)32(44)23(27(19)39)24(35(3)4)28(40)22(30(32)42)31(33)43/h13-15,19,23-24,27,37-39,42,44H,5-12H2,1-4H3,(H2,33,43)(H,34,36)/t15-,19?,23+,24-,27-,32-/m0/s1. The van der Waals surface area contributed by atoms with Crippen LogP contribution in [0.15, 0.2) is 29.0 Å². The van der Waals surface area contributed by atoms with Crippen LogP contribution in [0.4, 0.5) is 5.69 Å². The van der Waals surface area contributed by atoms with Gasteiger partial charge in [0, 0.05) is 17.9 Å². The number of anilines is 1. The second kappa shape index (κ2) is 12.7. The van der Waals surface area contributed by atoms with Crippen LogP contribution in [0.5, 0.6) is 5.75 Å². The van der Waals surface area contributed by atoms with Gasteiger partial charge in [-0.05, 0) is 38.1 Å². The lowest BCUT2D eigenvalue weighted by Gasteiger charge is -2.53. The molecule has 240 valence electrons. The number of nitrogens with zero attached hydrogens (tertiary/aromatic N) is 1. The Hall–Kier alpha value is -3.74. The maximum absolute atomic E-state index is 14.1. The second-order valence-electron chi connectivity index (χ2n) is 12.4. The number of phenolic OH excluding ortho intramolecular Hbond substituents is 1. The molecule has 8 N–H and O–H groups in total. The van der Waals surface area contributed by atoms with Gasteiger partial charge in [-0.25, -0.2) is 0 Å². The van der Waals surface area contributed by atoms with Crippen LogP contribution in [0, 0.1) is 11.8 Å². The number of fused-ring (bicyclic) bond motifs is 3. The molecule has 0 aliphatic heterocycles. The molecule has 2 amide bonds. The third-order valence-corrected chi connectivity index (χ3v) is 9.41. The van der Waals surface area contributed by atoms with Gasteiger partial charge in [0.15, 0.2) is 11.4 Å². The molecule has 12 nitrogen and oxygen atoms in total. The number of amides is 2. The molecule has 3 aliphatic carbocycles. The summed E-state index contributed by atoms with van der Waals surface area (Å²) in [7, 11) is 2.90. The first-order chi connectivity index (χ1) is 20.7. The van der Waals surface area contributed by atoms with Gasteiger partial charge in [-0.3, -0.25) is 24.1 Å². The molecule has 1 fully saturated rings. The van der Waals surface area contributed by atoms with E-state index in [-0.39, 0.29) is 23.6 Å². The zero-order valence-corrected chi connectivity index (χ0v) is 25.6. The monoisotopic (exact) mass is 613 g/mol. The molecule has 0 spiro atoms. The van der Waals surface area contributed by atoms with Crippen LogP contribution in [-0.2, 0) is 19.2 Å². The molecule has 6 atom stereocenters. The van der Waals surface area contributed by atoms with Crippen LogP contribution >= 0.6 is 0 Å². The number of unbranched alkanes of at least 4 members (excludes halogenated alkanes) is 6. The molecular weight excluding hydrogens is 570 g/mol. The minimum absolute atomic E-state index is 0.00424. The molecule has 12 heteroatoms. The lowest BCUT2D eigenvalue weighted by Crippen LogP contribution is -2.70. The number of carbonyl (C=O) groups is 4. The number of likely N-dealkylation sites (N-methyl/N-ethyl adjacent to an activating group) is 1. The van der Waals surface area contributed by atoms with Gasteiger partial charge in [0.2, 0.25) is 11.7 Å². The van der Waals surface area contributed by atoms with Crippen molar-refractivity contribution in [2.24, 2.45) is 17.6 Å². The van der Waals surface area contributed by atoms with Crippen molar-refractivity contribution < 1.29 is 44.7 Å². The summed E-state index contributed by atoms with van der Waals surface area (Å²) in [6.45, 7) is 3.79. The van der Waals surface area contributed by atoms with E-state index in [1.54, 1.807) is 13.0 Å². The molecule has 0 saturated heterocycles. The molecule has 1 aromatic carbocycles. The quantitative estimate of drug-likeness (QED) is 0.110. The van der Waals surface area contributed by atoms with Crippen LogP contribution in [0.25, 0.3) is 5.76 Å². The van der Waals surface area contributed by atoms with Crippen LogP contribution in [0.3, 0.4) is 0 Å². The molecular formula is C32H43N3O9. The number of aliphatic hydroxyl groups excluding tert-OH is 3. The van der Waals surface area contributed by atoms with E-state index < -0.39 is 81.4 Å². The van der Waals surface area contributed by atoms with Crippen LogP contribution < -0.4 is 11.1 Å². The lowest BCUT2D eigenvalue weighted by atomic mass is 9.54. The second-order valence-corrected chi connectivity index (χ2v) is 12.4. The van der Waals surface area contributed by atoms with E-state index in [2.05, 4.69) is 12.2 Å². The smallest absolute Gasteiger partial charge is 0.255 e. The van der Waals surface area contributed by atoms with Crippen molar-refractivity contribution in [1.29, 1.82) is 0 Å². The Labute approximate surface area is 256 Å². The van der Waals surface area contributed by atoms with Gasteiger partial charge in [-0.1, -0.05) is 58.4 Å². The van der Waals surface area contributed by atoms with Crippen molar-refractivity contribution in [3.63, 3.8) is 0 Å². The predicted molar refractivity (Wildman–Crippen MR) is 162 cm³/mol. The third-order valence-electron chi connectivity index (χ3n) is 9.41. The maximum Gasteiger partial charge on any atom is 0.255 e. The highest BCUT2D eigenvalue weighted by molar-refractivity contribution is 6.24. The molecule has 0 radical (unpaired) electrons. The number of Topliss-reactive ketones (excluding diaryl/α,β-unsaturated/α-hetero) is 2. The van der Waals surface area contributed by atoms with Crippen molar-refractivity contribution in [3.05, 3.63) is 40.2 Å². The van der Waals surface area contributed by atoms with Crippen LogP contribution in [0.2, 0.25) is 0 Å². The highest BCUT2D eigenvalue weighted by Crippen LogP contribution is 2.56. The summed E-state index contributed by atoms with van der Waals surface area (Å²) in [5, 5.41) is 59.8. The van der Waals surface area contributed by atoms with Gasteiger partial charge in [-0.2, -0.15) is 0 Å². The Kier molecular flexibility index (Phi) is 9.57. The zero-order valence-electron chi connectivity index (χ0n) is 25.6. The number of rotatable bonds is 11. The number of ketones is 2. The largest absolute Gasteiger partial charge is 0.508 e. The molecule has 1 aromatic rings. The number of aliphatic hydroxyl groups is 4. The highest BCUT2D eigenvalue weighted by Gasteiger charge is 2.68. The minimum Gasteiger partial charge on any atom is -0.508 e. The summed E-state index contributed by atoms with van der Waals surface area (Å²) in [5.41, 5.74) is 1.09. The van der Waals surface area contributed by atoms with E-state index in [4.69, 9.17) is 5.73 Å². The summed E-state index contributed by atoms with van der Waals surface area (Å²) in [6.07, 6.45) is 5.77. The lowest BCUT2D eigenvalue weighted by molar-refractivity contribution is -0.169. The molecule has 3 aliphatic rings. The first-order valence-electron chi connectivity index (χ1n) is 15.2. The molecule has 0 bridgehead atoms. The topological polar surface area (TPSA) is 211 Å². The summed E-state index contributed by atoms with van der Waals surface area (Å²) in [5.74, 6) is -9.98. The van der Waals surface area contributed by atoms with Gasteiger partial charge in [0.25, 0.3) is 5.91 Å². The van der Waals surface area contributed by atoms with Gasteiger partial charge in [-0.15, -0.1) is 0 Å².